The van der Waals surface area contributed by atoms with Gasteiger partial charge in [0.25, 0.3) is 5.56 Å². The van der Waals surface area contributed by atoms with Gasteiger partial charge in [-0.1, -0.05) is 53.5 Å². The van der Waals surface area contributed by atoms with Gasteiger partial charge in [-0.25, -0.2) is 8.78 Å². The second kappa shape index (κ2) is 7.04. The summed E-state index contributed by atoms with van der Waals surface area (Å²) in [6, 6.07) is 12.7. The van der Waals surface area contributed by atoms with Crippen LogP contribution in [0.1, 0.15) is 5.56 Å². The highest BCUT2D eigenvalue weighted by Gasteiger charge is 2.20. The third-order valence-corrected chi connectivity index (χ3v) is 5.37. The molecule has 0 atom stereocenters. The van der Waals surface area contributed by atoms with Crippen molar-refractivity contribution in [1.29, 1.82) is 0 Å². The van der Waals surface area contributed by atoms with Crippen LogP contribution in [0, 0.1) is 18.6 Å². The van der Waals surface area contributed by atoms with Gasteiger partial charge in [-0.15, -0.1) is 0 Å². The molecule has 0 bridgehead atoms. The van der Waals surface area contributed by atoms with Crippen LogP contribution in [0.3, 0.4) is 0 Å². The molecule has 0 unspecified atom stereocenters. The zero-order chi connectivity index (χ0) is 20.0. The van der Waals surface area contributed by atoms with Crippen molar-refractivity contribution in [2.75, 3.05) is 0 Å². The minimum absolute atomic E-state index is 0.147. The van der Waals surface area contributed by atoms with Crippen LogP contribution in [-0.2, 0) is 0 Å². The number of benzene rings is 3. The van der Waals surface area contributed by atoms with Gasteiger partial charge >= 0.3 is 0 Å². The Kier molecular flexibility index (Phi) is 4.69. The normalized spacial score (nSPS) is 11.2. The molecule has 0 radical (unpaired) electrons. The summed E-state index contributed by atoms with van der Waals surface area (Å²) in [7, 11) is 0. The minimum atomic E-state index is -0.934. The molecule has 0 aliphatic rings. The summed E-state index contributed by atoms with van der Waals surface area (Å²) in [5.41, 5.74) is 1.49. The molecule has 3 aromatic carbocycles. The van der Waals surface area contributed by atoms with Gasteiger partial charge in [0.1, 0.15) is 0 Å². The SMILES string of the molecule is Cc1ccc(F)c(F)c1-c1cccc2c(-c3c(Cl)cccc3Cl)c(=O)[nH]cc12. The van der Waals surface area contributed by atoms with Crippen molar-refractivity contribution in [3.8, 4) is 22.3 Å². The van der Waals surface area contributed by atoms with E-state index in [0.29, 0.717) is 37.5 Å². The molecule has 1 heterocycles. The van der Waals surface area contributed by atoms with E-state index in [0.717, 1.165) is 6.07 Å². The third kappa shape index (κ3) is 2.89. The van der Waals surface area contributed by atoms with Gasteiger partial charge in [0.05, 0.1) is 15.6 Å². The Morgan fingerprint density at radius 3 is 2.21 bits per heavy atom. The molecule has 0 fully saturated rings. The van der Waals surface area contributed by atoms with Crippen LogP contribution in [0.5, 0.6) is 0 Å². The van der Waals surface area contributed by atoms with Crippen LogP contribution in [0.25, 0.3) is 33.0 Å². The van der Waals surface area contributed by atoms with Crippen molar-refractivity contribution in [2.24, 2.45) is 0 Å². The number of halogens is 4. The Morgan fingerprint density at radius 2 is 1.50 bits per heavy atom. The van der Waals surface area contributed by atoms with Gasteiger partial charge in [0.2, 0.25) is 0 Å². The van der Waals surface area contributed by atoms with Crippen LogP contribution in [0.2, 0.25) is 10.0 Å². The zero-order valence-electron chi connectivity index (χ0n) is 14.6. The minimum Gasteiger partial charge on any atom is -0.328 e. The number of fused-ring (bicyclic) bond motifs is 1. The molecule has 2 nitrogen and oxygen atoms in total. The number of aromatic amines is 1. The predicted octanol–water partition coefficient (Wildman–Crippen LogP) is 6.76. The van der Waals surface area contributed by atoms with E-state index < -0.39 is 11.6 Å². The van der Waals surface area contributed by atoms with E-state index >= 15 is 0 Å². The number of rotatable bonds is 2. The fourth-order valence-corrected chi connectivity index (χ4v) is 4.04. The quantitative estimate of drug-likeness (QED) is 0.385. The Morgan fingerprint density at radius 1 is 0.821 bits per heavy atom. The van der Waals surface area contributed by atoms with Crippen LogP contribution < -0.4 is 5.56 Å². The second-order valence-corrected chi connectivity index (χ2v) is 7.22. The molecule has 0 amide bonds. The molecule has 4 rings (SSSR count). The lowest BCUT2D eigenvalue weighted by Gasteiger charge is -2.14. The van der Waals surface area contributed by atoms with Crippen molar-refractivity contribution in [1.82, 2.24) is 4.98 Å². The number of H-pyrrole nitrogens is 1. The number of pyridine rings is 1. The summed E-state index contributed by atoms with van der Waals surface area (Å²) < 4.78 is 28.5. The first kappa shape index (κ1) is 18.7. The lowest BCUT2D eigenvalue weighted by Crippen LogP contribution is -2.09. The predicted molar refractivity (Wildman–Crippen MR) is 110 cm³/mol. The van der Waals surface area contributed by atoms with Crippen LogP contribution in [0.15, 0.2) is 59.5 Å². The summed E-state index contributed by atoms with van der Waals surface area (Å²) >= 11 is 12.6. The molecule has 28 heavy (non-hydrogen) atoms. The smallest absolute Gasteiger partial charge is 0.256 e. The summed E-state index contributed by atoms with van der Waals surface area (Å²) in [6.45, 7) is 1.70. The van der Waals surface area contributed by atoms with E-state index in [-0.39, 0.29) is 16.7 Å². The first-order chi connectivity index (χ1) is 13.4. The molecule has 0 saturated carbocycles. The van der Waals surface area contributed by atoms with Crippen molar-refractivity contribution < 1.29 is 8.78 Å². The van der Waals surface area contributed by atoms with Crippen LogP contribution in [-0.4, -0.2) is 4.98 Å². The van der Waals surface area contributed by atoms with Gasteiger partial charge in [-0.3, -0.25) is 4.79 Å². The van der Waals surface area contributed by atoms with E-state index in [1.807, 2.05) is 0 Å². The summed E-state index contributed by atoms with van der Waals surface area (Å²) in [5, 5.41) is 1.74. The van der Waals surface area contributed by atoms with Crippen LogP contribution >= 0.6 is 23.2 Å². The number of nitrogens with one attached hydrogen (secondary N) is 1. The Hall–Kier alpha value is -2.69. The summed E-state index contributed by atoms with van der Waals surface area (Å²) in [6.07, 6.45) is 1.49. The molecule has 1 N–H and O–H groups in total. The fraction of sp³-hybridized carbons (Fsp3) is 0.0455. The maximum atomic E-state index is 14.6. The monoisotopic (exact) mass is 415 g/mol. The molecule has 140 valence electrons. The lowest BCUT2D eigenvalue weighted by atomic mass is 9.92. The standard InChI is InChI=1S/C22H13Cl2F2NO/c1-11-8-9-17(25)21(26)18(11)12-4-2-5-13-14(12)10-27-22(28)19(13)20-15(23)6-3-7-16(20)24/h2-10H,1H3,(H,27,28). The van der Waals surface area contributed by atoms with E-state index in [1.165, 1.54) is 12.3 Å². The topological polar surface area (TPSA) is 32.9 Å². The zero-order valence-corrected chi connectivity index (χ0v) is 16.1. The summed E-state index contributed by atoms with van der Waals surface area (Å²) in [5.74, 6) is -1.87. The molecule has 0 aliphatic heterocycles. The van der Waals surface area contributed by atoms with Gasteiger partial charge < -0.3 is 4.98 Å². The van der Waals surface area contributed by atoms with Crippen molar-refractivity contribution in [2.45, 2.75) is 6.92 Å². The number of hydrogen-bond acceptors (Lipinski definition) is 1. The lowest BCUT2D eigenvalue weighted by molar-refractivity contribution is 0.510. The van der Waals surface area contributed by atoms with E-state index in [1.54, 1.807) is 43.3 Å². The molecule has 1 aromatic heterocycles. The molecule has 6 heteroatoms. The molecule has 0 saturated heterocycles. The summed E-state index contributed by atoms with van der Waals surface area (Å²) in [4.78, 5) is 15.3. The Balaban J connectivity index is 2.14. The Bertz CT molecular complexity index is 1280. The van der Waals surface area contributed by atoms with E-state index in [4.69, 9.17) is 23.2 Å². The highest BCUT2D eigenvalue weighted by molar-refractivity contribution is 6.39. The van der Waals surface area contributed by atoms with Crippen LogP contribution in [0.4, 0.5) is 8.78 Å². The number of hydrogen-bond donors (Lipinski definition) is 1. The average molecular weight is 416 g/mol. The van der Waals surface area contributed by atoms with Gasteiger partial charge in [-0.2, -0.15) is 0 Å². The maximum absolute atomic E-state index is 14.6. The van der Waals surface area contributed by atoms with E-state index in [9.17, 15) is 13.6 Å². The Labute approximate surface area is 169 Å². The molecule has 4 aromatic rings. The van der Waals surface area contributed by atoms with Gasteiger partial charge in [-0.05, 0) is 41.6 Å². The second-order valence-electron chi connectivity index (χ2n) is 6.41. The highest BCUT2D eigenvalue weighted by Crippen LogP contribution is 2.39. The van der Waals surface area contributed by atoms with Gasteiger partial charge in [0, 0.05) is 22.7 Å². The first-order valence-electron chi connectivity index (χ1n) is 8.44. The largest absolute Gasteiger partial charge is 0.328 e. The number of aryl methyl sites for hydroxylation is 1. The average Bonchev–Trinajstić information content (AvgIpc) is 2.66. The van der Waals surface area contributed by atoms with Gasteiger partial charge in [0.15, 0.2) is 11.6 Å². The highest BCUT2D eigenvalue weighted by atomic mass is 35.5. The number of aromatic nitrogens is 1. The maximum Gasteiger partial charge on any atom is 0.256 e. The molecule has 0 aliphatic carbocycles. The van der Waals surface area contributed by atoms with Crippen molar-refractivity contribution in [3.63, 3.8) is 0 Å². The third-order valence-electron chi connectivity index (χ3n) is 4.74. The first-order valence-corrected chi connectivity index (χ1v) is 9.19. The molecular formula is C22H13Cl2F2NO. The van der Waals surface area contributed by atoms with Crippen molar-refractivity contribution >= 4 is 34.0 Å². The molecule has 0 spiro atoms. The fourth-order valence-electron chi connectivity index (χ4n) is 3.45. The molecular weight excluding hydrogens is 403 g/mol. The van der Waals surface area contributed by atoms with E-state index in [2.05, 4.69) is 4.98 Å². The van der Waals surface area contributed by atoms with Crippen molar-refractivity contribution in [3.05, 3.63) is 92.3 Å².